The summed E-state index contributed by atoms with van der Waals surface area (Å²) in [5.41, 5.74) is 5.35. The van der Waals surface area contributed by atoms with Crippen molar-refractivity contribution in [2.45, 2.75) is 38.1 Å². The number of aryl methyl sites for hydroxylation is 1. The predicted octanol–water partition coefficient (Wildman–Crippen LogP) is 4.68. The van der Waals surface area contributed by atoms with Crippen LogP contribution in [0.25, 0.3) is 22.2 Å². The van der Waals surface area contributed by atoms with Gasteiger partial charge in [-0.15, -0.1) is 0 Å². The maximum absolute atomic E-state index is 13.5. The summed E-state index contributed by atoms with van der Waals surface area (Å²) in [7, 11) is -2.17. The van der Waals surface area contributed by atoms with Crippen LogP contribution in [-0.4, -0.2) is 45.1 Å². The lowest BCUT2D eigenvalue weighted by Crippen LogP contribution is -2.20. The van der Waals surface area contributed by atoms with Gasteiger partial charge in [0.1, 0.15) is 0 Å². The molecule has 6 rings (SSSR count). The van der Waals surface area contributed by atoms with Crippen LogP contribution in [0, 0.1) is 6.92 Å². The zero-order valence-electron chi connectivity index (χ0n) is 22.0. The number of fused-ring (bicyclic) bond motifs is 2. The average Bonchev–Trinajstić information content (AvgIpc) is 3.63. The molecule has 0 atom stereocenters. The molecular formula is C28H27N7O3S. The van der Waals surface area contributed by atoms with E-state index in [2.05, 4.69) is 29.2 Å². The number of anilines is 3. The fraction of sp³-hybridized carbons (Fsp3) is 0.214. The number of hydrogen-bond donors (Lipinski definition) is 1. The molecule has 10 nitrogen and oxygen atoms in total. The second-order valence-corrected chi connectivity index (χ2v) is 11.8. The Hall–Kier alpha value is -4.51. The van der Waals surface area contributed by atoms with Crippen LogP contribution in [0.5, 0.6) is 0 Å². The van der Waals surface area contributed by atoms with Gasteiger partial charge in [-0.1, -0.05) is 0 Å². The fourth-order valence-electron chi connectivity index (χ4n) is 4.79. The number of amides is 1. The lowest BCUT2D eigenvalue weighted by molar-refractivity contribution is -0.117. The summed E-state index contributed by atoms with van der Waals surface area (Å²) in [6.07, 6.45) is 7.27. The van der Waals surface area contributed by atoms with Gasteiger partial charge in [0.05, 0.1) is 28.7 Å². The van der Waals surface area contributed by atoms with E-state index in [0.717, 1.165) is 33.6 Å². The summed E-state index contributed by atoms with van der Waals surface area (Å²) >= 11 is 0. The maximum atomic E-state index is 13.5. The van der Waals surface area contributed by atoms with E-state index in [4.69, 9.17) is 4.98 Å². The number of benzene rings is 2. The Morgan fingerprint density at radius 2 is 1.87 bits per heavy atom. The first-order chi connectivity index (χ1) is 18.6. The van der Waals surface area contributed by atoms with Gasteiger partial charge in [0.25, 0.3) is 10.0 Å². The molecule has 0 saturated carbocycles. The Kier molecular flexibility index (Phi) is 5.76. The van der Waals surface area contributed by atoms with Crippen molar-refractivity contribution in [2.75, 3.05) is 17.3 Å². The largest absolute Gasteiger partial charge is 0.324 e. The first kappa shape index (κ1) is 24.8. The number of nitrogens with zero attached hydrogens (tertiary/aromatic N) is 6. The Morgan fingerprint density at radius 3 is 2.64 bits per heavy atom. The van der Waals surface area contributed by atoms with Crippen LogP contribution in [0.15, 0.2) is 72.1 Å². The number of carbonyl (C=O) groups is 1. The molecule has 39 heavy (non-hydrogen) atoms. The van der Waals surface area contributed by atoms with Gasteiger partial charge < -0.3 is 10.2 Å². The molecule has 2 aromatic carbocycles. The molecule has 3 aromatic heterocycles. The van der Waals surface area contributed by atoms with E-state index < -0.39 is 10.0 Å². The summed E-state index contributed by atoms with van der Waals surface area (Å²) < 4.78 is 30.2. The Morgan fingerprint density at radius 1 is 1.05 bits per heavy atom. The van der Waals surface area contributed by atoms with Crippen LogP contribution in [0.2, 0.25) is 0 Å². The number of hydrogen-bond acceptors (Lipinski definition) is 7. The second kappa shape index (κ2) is 9.05. The van der Waals surface area contributed by atoms with Gasteiger partial charge in [0.15, 0.2) is 0 Å². The maximum Gasteiger partial charge on any atom is 0.268 e. The number of likely N-dealkylation sites (N-methyl/N-ethyl adjacent to an activating group) is 1. The number of nitrogens with one attached hydrogen (secondary N) is 1. The van der Waals surface area contributed by atoms with Crippen LogP contribution in [-0.2, 0) is 21.2 Å². The van der Waals surface area contributed by atoms with Gasteiger partial charge in [-0.25, -0.2) is 22.4 Å². The van der Waals surface area contributed by atoms with E-state index in [9.17, 15) is 13.2 Å². The molecule has 1 aliphatic heterocycles. The van der Waals surface area contributed by atoms with E-state index in [1.54, 1.807) is 66.9 Å². The molecule has 0 radical (unpaired) electrons. The molecular weight excluding hydrogens is 514 g/mol. The lowest BCUT2D eigenvalue weighted by Gasteiger charge is -2.12. The Balaban J connectivity index is 1.29. The van der Waals surface area contributed by atoms with Crippen molar-refractivity contribution in [3.8, 4) is 11.3 Å². The van der Waals surface area contributed by atoms with Gasteiger partial charge in [-0.2, -0.15) is 5.10 Å². The highest BCUT2D eigenvalue weighted by molar-refractivity contribution is 7.90. The highest BCUT2D eigenvalue weighted by Crippen LogP contribution is 2.32. The molecule has 0 saturated heterocycles. The van der Waals surface area contributed by atoms with Crippen molar-refractivity contribution >= 4 is 44.2 Å². The third kappa shape index (κ3) is 4.24. The minimum absolute atomic E-state index is 0.0544. The number of carbonyl (C=O) groups excluding carboxylic acids is 1. The van der Waals surface area contributed by atoms with Crippen molar-refractivity contribution in [2.24, 2.45) is 0 Å². The van der Waals surface area contributed by atoms with Gasteiger partial charge in [-0.3, -0.25) is 9.48 Å². The monoisotopic (exact) mass is 541 g/mol. The highest BCUT2D eigenvalue weighted by Gasteiger charge is 2.27. The third-order valence-corrected chi connectivity index (χ3v) is 8.66. The van der Waals surface area contributed by atoms with E-state index in [-0.39, 0.29) is 23.3 Å². The number of aromatic nitrogens is 5. The van der Waals surface area contributed by atoms with Gasteiger partial charge in [-0.05, 0) is 74.4 Å². The zero-order valence-corrected chi connectivity index (χ0v) is 22.8. The summed E-state index contributed by atoms with van der Waals surface area (Å²) in [4.78, 5) is 22.9. The molecule has 0 spiro atoms. The molecule has 0 aliphatic carbocycles. The summed E-state index contributed by atoms with van der Waals surface area (Å²) in [5, 5.41) is 8.39. The van der Waals surface area contributed by atoms with E-state index in [1.165, 1.54) is 3.97 Å². The van der Waals surface area contributed by atoms with Gasteiger partial charge >= 0.3 is 0 Å². The third-order valence-electron chi connectivity index (χ3n) is 6.97. The average molecular weight is 542 g/mol. The van der Waals surface area contributed by atoms with Crippen LogP contribution < -0.4 is 10.2 Å². The quantitative estimate of drug-likeness (QED) is 0.332. The van der Waals surface area contributed by atoms with Gasteiger partial charge in [0.2, 0.25) is 11.9 Å². The van der Waals surface area contributed by atoms with Crippen molar-refractivity contribution in [1.29, 1.82) is 0 Å². The molecule has 4 heterocycles. The van der Waals surface area contributed by atoms with Crippen molar-refractivity contribution in [3.05, 3.63) is 78.4 Å². The van der Waals surface area contributed by atoms with E-state index >= 15 is 0 Å². The van der Waals surface area contributed by atoms with Crippen LogP contribution >= 0.6 is 0 Å². The smallest absolute Gasteiger partial charge is 0.268 e. The molecule has 1 N–H and O–H groups in total. The minimum atomic E-state index is -3.86. The van der Waals surface area contributed by atoms with Crippen LogP contribution in [0.4, 0.5) is 17.3 Å². The van der Waals surface area contributed by atoms with Crippen molar-refractivity contribution < 1.29 is 13.2 Å². The first-order valence-corrected chi connectivity index (χ1v) is 14.0. The Bertz CT molecular complexity index is 1870. The zero-order chi connectivity index (χ0) is 27.5. The SMILES string of the molecule is Cc1cnc(Nc2ccc3c(ccn3S(=O)(=O)c3ccc4c(c3)CC(=O)N4C)c2)nc1-c1cnn(C(C)C)c1. The van der Waals surface area contributed by atoms with Crippen LogP contribution in [0.3, 0.4) is 0 Å². The lowest BCUT2D eigenvalue weighted by atomic mass is 10.1. The summed E-state index contributed by atoms with van der Waals surface area (Å²) in [5.74, 6) is 0.373. The summed E-state index contributed by atoms with van der Waals surface area (Å²) in [6, 6.07) is 12.2. The van der Waals surface area contributed by atoms with Crippen molar-refractivity contribution in [3.63, 3.8) is 0 Å². The molecule has 1 aliphatic rings. The standard InChI is InChI=1S/C28H27N7O3S/c1-17(2)34-16-21(15-30-34)27-18(3)14-29-28(32-27)31-22-5-7-25-19(11-22)9-10-35(25)39(37,38)23-6-8-24-20(12-23)13-26(36)33(24)4/h5-12,14-17H,13H2,1-4H3,(H,29,31,32). The normalized spacial score (nSPS) is 13.5. The number of rotatable bonds is 6. The van der Waals surface area contributed by atoms with E-state index in [1.807, 2.05) is 23.9 Å². The predicted molar refractivity (Wildman–Crippen MR) is 150 cm³/mol. The topological polar surface area (TPSA) is 115 Å². The second-order valence-electron chi connectivity index (χ2n) is 9.96. The minimum Gasteiger partial charge on any atom is -0.324 e. The van der Waals surface area contributed by atoms with Crippen LogP contribution in [0.1, 0.15) is 31.0 Å². The molecule has 0 fully saturated rings. The molecule has 11 heteroatoms. The molecule has 5 aromatic rings. The first-order valence-electron chi connectivity index (χ1n) is 12.5. The molecule has 1 amide bonds. The van der Waals surface area contributed by atoms with E-state index in [0.29, 0.717) is 17.0 Å². The molecule has 198 valence electrons. The van der Waals surface area contributed by atoms with Crippen molar-refractivity contribution in [1.82, 2.24) is 23.7 Å². The Labute approximate surface area is 226 Å². The summed E-state index contributed by atoms with van der Waals surface area (Å²) in [6.45, 7) is 6.09. The molecule has 0 bridgehead atoms. The molecule has 0 unspecified atom stereocenters. The fourth-order valence-corrected chi connectivity index (χ4v) is 6.20. The van der Waals surface area contributed by atoms with Gasteiger partial charge in [0, 0.05) is 54.0 Å². The highest BCUT2D eigenvalue weighted by atomic mass is 32.2.